The SMILES string of the molecule is Cc1cc(N2CCOCC2)ncc1Nc1ncnc(OC2CCN(C(=O)OC(C)C)CC2)c1C. The number of piperidine rings is 1. The van der Waals surface area contributed by atoms with E-state index in [0.717, 1.165) is 61.8 Å². The van der Waals surface area contributed by atoms with Gasteiger partial charge in [0.2, 0.25) is 5.88 Å². The first-order chi connectivity index (χ1) is 16.4. The van der Waals surface area contributed by atoms with Gasteiger partial charge in [-0.2, -0.15) is 0 Å². The van der Waals surface area contributed by atoms with Gasteiger partial charge < -0.3 is 29.3 Å². The number of amides is 1. The third-order valence-corrected chi connectivity index (χ3v) is 6.04. The summed E-state index contributed by atoms with van der Waals surface area (Å²) in [6.07, 6.45) is 4.41. The number of likely N-dealkylation sites (tertiary alicyclic amines) is 1. The summed E-state index contributed by atoms with van der Waals surface area (Å²) in [5.74, 6) is 2.20. The van der Waals surface area contributed by atoms with Gasteiger partial charge in [0.1, 0.15) is 24.1 Å². The molecule has 4 heterocycles. The third kappa shape index (κ3) is 5.85. The molecule has 2 aromatic heterocycles. The highest BCUT2D eigenvalue weighted by atomic mass is 16.6. The fourth-order valence-electron chi connectivity index (χ4n) is 4.03. The first-order valence-electron chi connectivity index (χ1n) is 11.9. The molecule has 1 N–H and O–H groups in total. The minimum Gasteiger partial charge on any atom is -0.474 e. The maximum Gasteiger partial charge on any atom is 0.410 e. The van der Waals surface area contributed by atoms with Gasteiger partial charge in [-0.15, -0.1) is 0 Å². The van der Waals surface area contributed by atoms with Crippen LogP contribution in [-0.4, -0.2) is 77.5 Å². The van der Waals surface area contributed by atoms with Crippen LogP contribution in [0.4, 0.5) is 22.1 Å². The molecule has 2 aliphatic heterocycles. The minimum absolute atomic E-state index is 0.0132. The number of hydrogen-bond acceptors (Lipinski definition) is 9. The van der Waals surface area contributed by atoms with Gasteiger partial charge in [0, 0.05) is 39.0 Å². The Bertz CT molecular complexity index is 987. The van der Waals surface area contributed by atoms with E-state index in [4.69, 9.17) is 14.2 Å². The van der Waals surface area contributed by atoms with Crippen LogP contribution in [0.25, 0.3) is 0 Å². The molecule has 0 bridgehead atoms. The number of anilines is 3. The van der Waals surface area contributed by atoms with Crippen molar-refractivity contribution in [3.63, 3.8) is 0 Å². The number of rotatable bonds is 6. The predicted molar refractivity (Wildman–Crippen MR) is 129 cm³/mol. The summed E-state index contributed by atoms with van der Waals surface area (Å²) in [7, 11) is 0. The molecule has 34 heavy (non-hydrogen) atoms. The molecule has 0 unspecified atom stereocenters. The van der Waals surface area contributed by atoms with Crippen molar-refractivity contribution >= 4 is 23.4 Å². The Hall–Kier alpha value is -3.14. The Morgan fingerprint density at radius 1 is 1.12 bits per heavy atom. The largest absolute Gasteiger partial charge is 0.474 e. The van der Waals surface area contributed by atoms with Crippen LogP contribution in [0.3, 0.4) is 0 Å². The van der Waals surface area contributed by atoms with Crippen molar-refractivity contribution in [3.05, 3.63) is 29.7 Å². The quantitative estimate of drug-likeness (QED) is 0.680. The van der Waals surface area contributed by atoms with Gasteiger partial charge in [-0.25, -0.2) is 19.7 Å². The zero-order chi connectivity index (χ0) is 24.1. The third-order valence-electron chi connectivity index (χ3n) is 6.04. The average molecular weight is 471 g/mol. The second kappa shape index (κ2) is 10.9. The van der Waals surface area contributed by atoms with Gasteiger partial charge in [0.15, 0.2) is 0 Å². The van der Waals surface area contributed by atoms with E-state index in [1.165, 1.54) is 6.33 Å². The lowest BCUT2D eigenvalue weighted by Gasteiger charge is -2.32. The molecule has 2 saturated heterocycles. The summed E-state index contributed by atoms with van der Waals surface area (Å²) in [4.78, 5) is 29.5. The minimum atomic E-state index is -0.262. The van der Waals surface area contributed by atoms with E-state index < -0.39 is 0 Å². The summed E-state index contributed by atoms with van der Waals surface area (Å²) in [6.45, 7) is 12.1. The van der Waals surface area contributed by atoms with Gasteiger partial charge in [-0.1, -0.05) is 0 Å². The Balaban J connectivity index is 1.37. The zero-order valence-electron chi connectivity index (χ0n) is 20.4. The Morgan fingerprint density at radius 2 is 1.85 bits per heavy atom. The van der Waals surface area contributed by atoms with Crippen molar-refractivity contribution in [1.29, 1.82) is 0 Å². The summed E-state index contributed by atoms with van der Waals surface area (Å²) in [5, 5.41) is 3.38. The smallest absolute Gasteiger partial charge is 0.410 e. The molecule has 2 aliphatic rings. The molecule has 2 fully saturated rings. The molecular formula is C24H34N6O4. The van der Waals surface area contributed by atoms with Gasteiger partial charge in [0.05, 0.1) is 36.8 Å². The maximum absolute atomic E-state index is 12.1. The van der Waals surface area contributed by atoms with E-state index >= 15 is 0 Å². The summed E-state index contributed by atoms with van der Waals surface area (Å²) < 4.78 is 16.9. The van der Waals surface area contributed by atoms with Crippen molar-refractivity contribution in [1.82, 2.24) is 19.9 Å². The van der Waals surface area contributed by atoms with Crippen LogP contribution < -0.4 is 15.0 Å². The second-order valence-corrected chi connectivity index (χ2v) is 8.97. The Kier molecular flexibility index (Phi) is 7.66. The van der Waals surface area contributed by atoms with Crippen molar-refractivity contribution in [3.8, 4) is 5.88 Å². The number of ether oxygens (including phenoxy) is 3. The first-order valence-corrected chi connectivity index (χ1v) is 11.9. The Labute approximate surface area is 200 Å². The number of carbonyl (C=O) groups excluding carboxylic acids is 1. The van der Waals surface area contributed by atoms with E-state index in [1.807, 2.05) is 27.0 Å². The molecule has 0 atom stereocenters. The van der Waals surface area contributed by atoms with E-state index in [9.17, 15) is 4.79 Å². The summed E-state index contributed by atoms with van der Waals surface area (Å²) in [6, 6.07) is 2.08. The topological polar surface area (TPSA) is 102 Å². The highest BCUT2D eigenvalue weighted by Crippen LogP contribution is 2.28. The highest BCUT2D eigenvalue weighted by Gasteiger charge is 2.26. The van der Waals surface area contributed by atoms with Crippen molar-refractivity contribution < 1.29 is 19.0 Å². The van der Waals surface area contributed by atoms with Gasteiger partial charge in [-0.05, 0) is 39.3 Å². The van der Waals surface area contributed by atoms with Crippen molar-refractivity contribution in [2.45, 2.75) is 52.7 Å². The van der Waals surface area contributed by atoms with Crippen LogP contribution in [0, 0.1) is 13.8 Å². The van der Waals surface area contributed by atoms with Crippen LogP contribution in [-0.2, 0) is 9.47 Å². The van der Waals surface area contributed by atoms with E-state index in [1.54, 1.807) is 4.90 Å². The van der Waals surface area contributed by atoms with Crippen molar-refractivity contribution in [2.75, 3.05) is 49.6 Å². The predicted octanol–water partition coefficient (Wildman–Crippen LogP) is 3.46. The summed E-state index contributed by atoms with van der Waals surface area (Å²) >= 11 is 0. The van der Waals surface area contributed by atoms with Crippen LogP contribution in [0.2, 0.25) is 0 Å². The molecule has 0 aliphatic carbocycles. The number of pyridine rings is 1. The van der Waals surface area contributed by atoms with E-state index in [-0.39, 0.29) is 18.3 Å². The normalized spacial score (nSPS) is 17.1. The zero-order valence-corrected chi connectivity index (χ0v) is 20.4. The lowest BCUT2D eigenvalue weighted by molar-refractivity contribution is 0.0505. The average Bonchev–Trinajstić information content (AvgIpc) is 2.83. The second-order valence-electron chi connectivity index (χ2n) is 8.97. The lowest BCUT2D eigenvalue weighted by atomic mass is 10.1. The van der Waals surface area contributed by atoms with Crippen LogP contribution in [0.1, 0.15) is 37.8 Å². The van der Waals surface area contributed by atoms with E-state index in [0.29, 0.717) is 24.8 Å². The molecule has 184 valence electrons. The number of aryl methyl sites for hydroxylation is 1. The molecule has 0 radical (unpaired) electrons. The van der Waals surface area contributed by atoms with Crippen LogP contribution in [0.15, 0.2) is 18.6 Å². The van der Waals surface area contributed by atoms with Gasteiger partial charge >= 0.3 is 6.09 Å². The molecular weight excluding hydrogens is 436 g/mol. The fourth-order valence-corrected chi connectivity index (χ4v) is 4.03. The monoisotopic (exact) mass is 470 g/mol. The Morgan fingerprint density at radius 3 is 2.53 bits per heavy atom. The molecule has 0 spiro atoms. The summed E-state index contributed by atoms with van der Waals surface area (Å²) in [5.41, 5.74) is 2.81. The molecule has 10 nitrogen and oxygen atoms in total. The number of aromatic nitrogens is 3. The first kappa shape index (κ1) is 24.0. The maximum atomic E-state index is 12.1. The molecule has 4 rings (SSSR count). The molecule has 0 aromatic carbocycles. The number of nitrogens with one attached hydrogen (secondary N) is 1. The van der Waals surface area contributed by atoms with Crippen LogP contribution in [0.5, 0.6) is 5.88 Å². The molecule has 0 saturated carbocycles. The fraction of sp³-hybridized carbons (Fsp3) is 0.583. The number of nitrogens with zero attached hydrogens (tertiary/aromatic N) is 5. The van der Waals surface area contributed by atoms with Gasteiger partial charge in [-0.3, -0.25) is 0 Å². The number of morpholine rings is 1. The molecule has 2 aromatic rings. The number of hydrogen-bond donors (Lipinski definition) is 1. The highest BCUT2D eigenvalue weighted by molar-refractivity contribution is 5.68. The molecule has 1 amide bonds. The van der Waals surface area contributed by atoms with E-state index in [2.05, 4.69) is 38.2 Å². The lowest BCUT2D eigenvalue weighted by Crippen LogP contribution is -2.42. The van der Waals surface area contributed by atoms with Gasteiger partial charge in [0.25, 0.3) is 0 Å². The van der Waals surface area contributed by atoms with Crippen molar-refractivity contribution in [2.24, 2.45) is 0 Å². The molecule has 10 heteroatoms. The number of carbonyl (C=O) groups is 1. The standard InChI is InChI=1S/C24H34N6O4/c1-16(2)33-24(31)30-7-5-19(6-8-30)34-23-18(4)22(26-15-27-23)28-20-14-25-21(13-17(20)3)29-9-11-32-12-10-29/h13-16,19H,5-12H2,1-4H3,(H,26,27,28). The van der Waals surface area contributed by atoms with Crippen LogP contribution >= 0.6 is 0 Å².